The highest BCUT2D eigenvalue weighted by Crippen LogP contribution is 2.42. The molecular formula is C9H16BrN. The van der Waals surface area contributed by atoms with Gasteiger partial charge in [0, 0.05) is 11.9 Å². The number of rotatable bonds is 1. The first-order valence-corrected chi connectivity index (χ1v) is 5.73. The Bertz CT molecular complexity index is 136. The third-order valence-corrected chi connectivity index (χ3v) is 4.45. The van der Waals surface area contributed by atoms with Crippen molar-refractivity contribution >= 4 is 15.9 Å². The molecule has 2 heteroatoms. The Kier molecular flexibility index (Phi) is 2.24. The molecule has 0 aromatic rings. The molecule has 1 saturated heterocycles. The summed E-state index contributed by atoms with van der Waals surface area (Å²) in [6, 6.07) is 0. The topological polar surface area (TPSA) is 12.0 Å². The van der Waals surface area contributed by atoms with Crippen LogP contribution in [0.25, 0.3) is 0 Å². The third-order valence-electron chi connectivity index (χ3n) is 3.26. The van der Waals surface area contributed by atoms with Crippen molar-refractivity contribution in [2.24, 2.45) is 11.3 Å². The van der Waals surface area contributed by atoms with Crippen molar-refractivity contribution in [3.8, 4) is 0 Å². The maximum absolute atomic E-state index is 3.65. The fourth-order valence-electron chi connectivity index (χ4n) is 2.63. The molecule has 11 heavy (non-hydrogen) atoms. The smallest absolute Gasteiger partial charge is 0.0100 e. The highest BCUT2D eigenvalue weighted by atomic mass is 79.9. The van der Waals surface area contributed by atoms with E-state index in [2.05, 4.69) is 21.2 Å². The lowest BCUT2D eigenvalue weighted by atomic mass is 9.68. The summed E-state index contributed by atoms with van der Waals surface area (Å²) in [5.41, 5.74) is 0.626. The molecule has 1 heterocycles. The molecule has 0 amide bonds. The second-order valence-corrected chi connectivity index (χ2v) is 4.79. The number of halogens is 1. The molecule has 2 atom stereocenters. The summed E-state index contributed by atoms with van der Waals surface area (Å²) in [7, 11) is 0. The van der Waals surface area contributed by atoms with Crippen LogP contribution in [0.5, 0.6) is 0 Å². The van der Waals surface area contributed by atoms with E-state index in [1.807, 2.05) is 0 Å². The molecule has 2 fully saturated rings. The zero-order valence-corrected chi connectivity index (χ0v) is 8.49. The van der Waals surface area contributed by atoms with E-state index in [9.17, 15) is 0 Å². The summed E-state index contributed by atoms with van der Waals surface area (Å²) in [5, 5.41) is 4.75. The Balaban J connectivity index is 2.07. The van der Waals surface area contributed by atoms with Crippen LogP contribution in [0.15, 0.2) is 0 Å². The maximum Gasteiger partial charge on any atom is 0.0100 e. The van der Waals surface area contributed by atoms with Crippen molar-refractivity contribution in [2.45, 2.75) is 25.7 Å². The average Bonchev–Trinajstić information content (AvgIpc) is 2.05. The Morgan fingerprint density at radius 1 is 1.55 bits per heavy atom. The van der Waals surface area contributed by atoms with Gasteiger partial charge in [-0.05, 0) is 37.1 Å². The van der Waals surface area contributed by atoms with E-state index < -0.39 is 0 Å². The van der Waals surface area contributed by atoms with Gasteiger partial charge in [0.2, 0.25) is 0 Å². The van der Waals surface area contributed by atoms with Crippen LogP contribution < -0.4 is 5.32 Å². The van der Waals surface area contributed by atoms with E-state index in [1.165, 1.54) is 44.1 Å². The first-order chi connectivity index (χ1) is 5.35. The van der Waals surface area contributed by atoms with Gasteiger partial charge < -0.3 is 5.32 Å². The van der Waals surface area contributed by atoms with Gasteiger partial charge in [0.15, 0.2) is 0 Å². The summed E-state index contributed by atoms with van der Waals surface area (Å²) in [5.74, 6) is 0.982. The fraction of sp³-hybridized carbons (Fsp3) is 1.00. The van der Waals surface area contributed by atoms with Gasteiger partial charge >= 0.3 is 0 Å². The lowest BCUT2D eigenvalue weighted by Gasteiger charge is -2.44. The Morgan fingerprint density at radius 2 is 2.45 bits per heavy atom. The molecule has 0 aromatic heterocycles. The zero-order valence-electron chi connectivity index (χ0n) is 6.91. The second kappa shape index (κ2) is 3.06. The van der Waals surface area contributed by atoms with Crippen LogP contribution in [0.3, 0.4) is 0 Å². The van der Waals surface area contributed by atoms with Crippen LogP contribution in [0.4, 0.5) is 0 Å². The van der Waals surface area contributed by atoms with E-state index in [0.717, 1.165) is 5.92 Å². The molecule has 1 nitrogen and oxygen atoms in total. The van der Waals surface area contributed by atoms with Crippen molar-refractivity contribution in [1.29, 1.82) is 0 Å². The number of hydrogen-bond acceptors (Lipinski definition) is 1. The molecule has 0 spiro atoms. The number of fused-ring (bicyclic) bond motifs is 2. The SMILES string of the molecule is BrCC12CCCC(CNC1)C2. The Morgan fingerprint density at radius 3 is 3.18 bits per heavy atom. The van der Waals surface area contributed by atoms with Crippen LogP contribution in [-0.2, 0) is 0 Å². The number of alkyl halides is 1. The predicted molar refractivity (Wildman–Crippen MR) is 51.1 cm³/mol. The lowest BCUT2D eigenvalue weighted by molar-refractivity contribution is 0.119. The first kappa shape index (κ1) is 8.06. The summed E-state index contributed by atoms with van der Waals surface area (Å²) >= 11 is 3.65. The van der Waals surface area contributed by atoms with Crippen LogP contribution in [-0.4, -0.2) is 18.4 Å². The van der Waals surface area contributed by atoms with Crippen molar-refractivity contribution < 1.29 is 0 Å². The molecule has 1 N–H and O–H groups in total. The largest absolute Gasteiger partial charge is 0.316 e. The molecule has 1 aliphatic carbocycles. The molecular weight excluding hydrogens is 202 g/mol. The highest BCUT2D eigenvalue weighted by molar-refractivity contribution is 9.09. The van der Waals surface area contributed by atoms with E-state index in [1.54, 1.807) is 0 Å². The fourth-order valence-corrected chi connectivity index (χ4v) is 3.33. The summed E-state index contributed by atoms with van der Waals surface area (Å²) < 4.78 is 0. The number of hydrogen-bond donors (Lipinski definition) is 1. The molecule has 2 aliphatic rings. The standard InChI is InChI=1S/C9H16BrN/c10-6-9-3-1-2-8(4-9)5-11-7-9/h8,11H,1-7H2. The molecule has 1 saturated carbocycles. The molecule has 2 rings (SSSR count). The number of nitrogens with one attached hydrogen (secondary N) is 1. The van der Waals surface area contributed by atoms with E-state index in [-0.39, 0.29) is 0 Å². The summed E-state index contributed by atoms with van der Waals surface area (Å²) in [4.78, 5) is 0. The average molecular weight is 218 g/mol. The van der Waals surface area contributed by atoms with E-state index in [4.69, 9.17) is 0 Å². The van der Waals surface area contributed by atoms with Gasteiger partial charge in [-0.1, -0.05) is 22.4 Å². The minimum Gasteiger partial charge on any atom is -0.316 e. The van der Waals surface area contributed by atoms with Gasteiger partial charge in [-0.25, -0.2) is 0 Å². The van der Waals surface area contributed by atoms with Crippen molar-refractivity contribution in [3.63, 3.8) is 0 Å². The van der Waals surface area contributed by atoms with Crippen LogP contribution in [0, 0.1) is 11.3 Å². The quantitative estimate of drug-likeness (QED) is 0.665. The van der Waals surface area contributed by atoms with Crippen LogP contribution in [0.1, 0.15) is 25.7 Å². The van der Waals surface area contributed by atoms with Crippen molar-refractivity contribution in [3.05, 3.63) is 0 Å². The first-order valence-electron chi connectivity index (χ1n) is 4.61. The molecule has 2 bridgehead atoms. The minimum atomic E-state index is 0.626. The van der Waals surface area contributed by atoms with Crippen LogP contribution >= 0.6 is 15.9 Å². The lowest BCUT2D eigenvalue weighted by Crippen LogP contribution is -2.48. The zero-order chi connectivity index (χ0) is 7.73. The Hall–Kier alpha value is 0.440. The molecule has 2 unspecified atom stereocenters. The van der Waals surface area contributed by atoms with E-state index >= 15 is 0 Å². The van der Waals surface area contributed by atoms with Crippen LogP contribution in [0.2, 0.25) is 0 Å². The minimum absolute atomic E-state index is 0.626. The monoisotopic (exact) mass is 217 g/mol. The maximum atomic E-state index is 3.65. The van der Waals surface area contributed by atoms with Gasteiger partial charge in [0.1, 0.15) is 0 Å². The van der Waals surface area contributed by atoms with Gasteiger partial charge in [-0.2, -0.15) is 0 Å². The second-order valence-electron chi connectivity index (χ2n) is 4.23. The van der Waals surface area contributed by atoms with Gasteiger partial charge in [0.25, 0.3) is 0 Å². The molecule has 64 valence electrons. The van der Waals surface area contributed by atoms with E-state index in [0.29, 0.717) is 5.41 Å². The third kappa shape index (κ3) is 1.48. The van der Waals surface area contributed by atoms with Gasteiger partial charge in [0.05, 0.1) is 0 Å². The summed E-state index contributed by atoms with van der Waals surface area (Å²) in [6.07, 6.45) is 5.81. The molecule has 1 aliphatic heterocycles. The Labute approximate surface area is 77.1 Å². The number of piperidine rings is 1. The van der Waals surface area contributed by atoms with Gasteiger partial charge in [-0.15, -0.1) is 0 Å². The normalized spacial score (nSPS) is 43.9. The van der Waals surface area contributed by atoms with Gasteiger partial charge in [-0.3, -0.25) is 0 Å². The molecule has 0 radical (unpaired) electrons. The highest BCUT2D eigenvalue weighted by Gasteiger charge is 2.37. The van der Waals surface area contributed by atoms with Crippen molar-refractivity contribution in [2.75, 3.05) is 18.4 Å². The molecule has 0 aromatic carbocycles. The summed E-state index contributed by atoms with van der Waals surface area (Å²) in [6.45, 7) is 2.52. The predicted octanol–water partition coefficient (Wildman–Crippen LogP) is 2.16. The van der Waals surface area contributed by atoms with Crippen molar-refractivity contribution in [1.82, 2.24) is 5.32 Å².